The minimum atomic E-state index is 0.338. The number of hydrogen-bond donors (Lipinski definition) is 2. The number of hydrogen-bond acceptors (Lipinski definition) is 6. The number of nitrogens with one attached hydrogen (secondary N) is 1. The highest BCUT2D eigenvalue weighted by atomic mass is 32.1. The largest absolute Gasteiger partial charge is 0.389 e. The van der Waals surface area contributed by atoms with E-state index in [-0.39, 0.29) is 0 Å². The molecule has 0 saturated heterocycles. The van der Waals surface area contributed by atoms with Crippen LogP contribution in [0.1, 0.15) is 17.3 Å². The molecule has 3 aromatic rings. The van der Waals surface area contributed by atoms with Crippen molar-refractivity contribution in [3.63, 3.8) is 0 Å². The lowest BCUT2D eigenvalue weighted by Crippen LogP contribution is -2.12. The van der Waals surface area contributed by atoms with Crippen molar-refractivity contribution >= 4 is 33.9 Å². The number of anilines is 1. The molecule has 0 amide bonds. The van der Waals surface area contributed by atoms with Crippen LogP contribution in [0.4, 0.5) is 5.82 Å². The zero-order chi connectivity index (χ0) is 14.8. The zero-order valence-electron chi connectivity index (χ0n) is 11.3. The van der Waals surface area contributed by atoms with Crippen molar-refractivity contribution in [3.05, 3.63) is 47.6 Å². The summed E-state index contributed by atoms with van der Waals surface area (Å²) in [5, 5.41) is 7.81. The van der Waals surface area contributed by atoms with Gasteiger partial charge in [-0.2, -0.15) is 4.98 Å². The third kappa shape index (κ3) is 2.82. The number of pyridine rings is 1. The van der Waals surface area contributed by atoms with Crippen molar-refractivity contribution in [2.75, 3.05) is 5.32 Å². The molecule has 0 fully saturated rings. The van der Waals surface area contributed by atoms with E-state index in [0.717, 1.165) is 16.5 Å². The Kier molecular flexibility index (Phi) is 3.49. The van der Waals surface area contributed by atoms with Crippen LogP contribution in [0.2, 0.25) is 0 Å². The Morgan fingerprint density at radius 1 is 1.33 bits per heavy atom. The lowest BCUT2D eigenvalue weighted by atomic mass is 10.1. The molecule has 2 heterocycles. The molecular formula is C14H13N5OS. The van der Waals surface area contributed by atoms with Crippen molar-refractivity contribution < 1.29 is 4.52 Å². The average molecular weight is 299 g/mol. The molecule has 0 atom stereocenters. The number of aryl methyl sites for hydroxylation is 1. The maximum absolute atomic E-state index is 5.79. The van der Waals surface area contributed by atoms with Crippen molar-refractivity contribution in [2.24, 2.45) is 5.73 Å². The van der Waals surface area contributed by atoms with E-state index in [0.29, 0.717) is 29.1 Å². The van der Waals surface area contributed by atoms with Crippen LogP contribution in [0, 0.1) is 6.92 Å². The van der Waals surface area contributed by atoms with E-state index in [1.165, 1.54) is 0 Å². The Labute approximate surface area is 126 Å². The summed E-state index contributed by atoms with van der Waals surface area (Å²) in [7, 11) is 0. The second-order valence-corrected chi connectivity index (χ2v) is 4.97. The molecule has 0 saturated carbocycles. The standard InChI is InChI=1S/C14H13N5OS/c1-8-17-13(20-19-8)7-16-12-6-10(14(15)21)9-4-2-3-5-11(9)18-12/h2-6H,7H2,1H3,(H2,15,21)(H,16,18). The number of thiocarbonyl (C=S) groups is 1. The molecule has 0 radical (unpaired) electrons. The zero-order valence-corrected chi connectivity index (χ0v) is 12.1. The van der Waals surface area contributed by atoms with Crippen molar-refractivity contribution in [1.29, 1.82) is 0 Å². The topological polar surface area (TPSA) is 89.9 Å². The molecule has 106 valence electrons. The fourth-order valence-corrected chi connectivity index (χ4v) is 2.22. The number of aromatic nitrogens is 3. The molecular weight excluding hydrogens is 286 g/mol. The first-order valence-corrected chi connectivity index (χ1v) is 6.77. The first-order valence-electron chi connectivity index (χ1n) is 6.36. The predicted octanol–water partition coefficient (Wildman–Crippen LogP) is 2.17. The van der Waals surface area contributed by atoms with Crippen LogP contribution in [-0.2, 0) is 6.54 Å². The Morgan fingerprint density at radius 2 is 2.14 bits per heavy atom. The van der Waals surface area contributed by atoms with Gasteiger partial charge < -0.3 is 15.6 Å². The molecule has 0 unspecified atom stereocenters. The van der Waals surface area contributed by atoms with Crippen LogP contribution in [0.3, 0.4) is 0 Å². The lowest BCUT2D eigenvalue weighted by molar-refractivity contribution is 0.379. The molecule has 7 heteroatoms. The summed E-state index contributed by atoms with van der Waals surface area (Å²) in [6.07, 6.45) is 0. The Balaban J connectivity index is 1.93. The van der Waals surface area contributed by atoms with Gasteiger partial charge in [0.1, 0.15) is 10.8 Å². The summed E-state index contributed by atoms with van der Waals surface area (Å²) < 4.78 is 5.05. The second-order valence-electron chi connectivity index (χ2n) is 4.53. The maximum Gasteiger partial charge on any atom is 0.245 e. The van der Waals surface area contributed by atoms with E-state index in [4.69, 9.17) is 22.5 Å². The van der Waals surface area contributed by atoms with E-state index in [2.05, 4.69) is 20.4 Å². The van der Waals surface area contributed by atoms with Crippen LogP contribution in [0.15, 0.2) is 34.9 Å². The van der Waals surface area contributed by atoms with E-state index in [1.807, 2.05) is 30.3 Å². The van der Waals surface area contributed by atoms with Gasteiger partial charge in [0.2, 0.25) is 5.89 Å². The highest BCUT2D eigenvalue weighted by Crippen LogP contribution is 2.21. The van der Waals surface area contributed by atoms with Gasteiger partial charge in [0.15, 0.2) is 5.82 Å². The van der Waals surface area contributed by atoms with E-state index in [9.17, 15) is 0 Å². The molecule has 6 nitrogen and oxygen atoms in total. The molecule has 0 bridgehead atoms. The minimum Gasteiger partial charge on any atom is -0.389 e. The van der Waals surface area contributed by atoms with Crippen LogP contribution < -0.4 is 11.1 Å². The number of para-hydroxylation sites is 1. The number of fused-ring (bicyclic) bond motifs is 1. The minimum absolute atomic E-state index is 0.338. The average Bonchev–Trinajstić information content (AvgIpc) is 2.89. The van der Waals surface area contributed by atoms with Gasteiger partial charge in [-0.25, -0.2) is 4.98 Å². The third-order valence-electron chi connectivity index (χ3n) is 2.97. The fraction of sp³-hybridized carbons (Fsp3) is 0.143. The monoisotopic (exact) mass is 299 g/mol. The SMILES string of the molecule is Cc1noc(CNc2cc(C(N)=S)c3ccccc3n2)n1. The van der Waals surface area contributed by atoms with Crippen molar-refractivity contribution in [1.82, 2.24) is 15.1 Å². The van der Waals surface area contributed by atoms with Crippen LogP contribution in [-0.4, -0.2) is 20.1 Å². The smallest absolute Gasteiger partial charge is 0.245 e. The fourth-order valence-electron chi connectivity index (χ4n) is 2.05. The highest BCUT2D eigenvalue weighted by molar-refractivity contribution is 7.80. The van der Waals surface area contributed by atoms with Gasteiger partial charge in [0, 0.05) is 10.9 Å². The number of benzene rings is 1. The number of nitrogens with zero attached hydrogens (tertiary/aromatic N) is 3. The normalized spacial score (nSPS) is 10.7. The van der Waals surface area contributed by atoms with Crippen molar-refractivity contribution in [3.8, 4) is 0 Å². The molecule has 3 rings (SSSR count). The van der Waals surface area contributed by atoms with Crippen LogP contribution in [0.5, 0.6) is 0 Å². The van der Waals surface area contributed by atoms with Gasteiger partial charge >= 0.3 is 0 Å². The Hall–Kier alpha value is -2.54. The molecule has 0 aliphatic heterocycles. The van der Waals surface area contributed by atoms with Gasteiger partial charge in [-0.05, 0) is 19.1 Å². The first-order chi connectivity index (χ1) is 10.1. The van der Waals surface area contributed by atoms with E-state index < -0.39 is 0 Å². The quantitative estimate of drug-likeness (QED) is 0.713. The summed E-state index contributed by atoms with van der Waals surface area (Å²) in [6, 6.07) is 9.54. The van der Waals surface area contributed by atoms with E-state index in [1.54, 1.807) is 6.92 Å². The summed E-state index contributed by atoms with van der Waals surface area (Å²) in [5.41, 5.74) is 7.41. The van der Waals surface area contributed by atoms with Gasteiger partial charge in [0.05, 0.1) is 12.1 Å². The van der Waals surface area contributed by atoms with Gasteiger partial charge in [0.25, 0.3) is 0 Å². The van der Waals surface area contributed by atoms with Crippen molar-refractivity contribution in [2.45, 2.75) is 13.5 Å². The predicted molar refractivity (Wildman–Crippen MR) is 84.0 cm³/mol. The highest BCUT2D eigenvalue weighted by Gasteiger charge is 2.09. The summed E-state index contributed by atoms with van der Waals surface area (Å²) in [5.74, 6) is 1.76. The summed E-state index contributed by atoms with van der Waals surface area (Å²) >= 11 is 5.11. The molecule has 3 N–H and O–H groups in total. The summed E-state index contributed by atoms with van der Waals surface area (Å²) in [6.45, 7) is 2.16. The number of rotatable bonds is 4. The Bertz CT molecular complexity index is 814. The molecule has 0 spiro atoms. The third-order valence-corrected chi connectivity index (χ3v) is 3.19. The molecule has 0 aliphatic rings. The molecule has 2 aromatic heterocycles. The molecule has 0 aliphatic carbocycles. The maximum atomic E-state index is 5.79. The molecule has 21 heavy (non-hydrogen) atoms. The van der Waals surface area contributed by atoms with E-state index >= 15 is 0 Å². The number of nitrogens with two attached hydrogens (primary N) is 1. The lowest BCUT2D eigenvalue weighted by Gasteiger charge is -2.09. The molecule has 1 aromatic carbocycles. The Morgan fingerprint density at radius 3 is 2.86 bits per heavy atom. The van der Waals surface area contributed by atoms with Gasteiger partial charge in [-0.1, -0.05) is 35.6 Å². The summed E-state index contributed by atoms with van der Waals surface area (Å²) in [4.78, 5) is 8.99. The van der Waals surface area contributed by atoms with Crippen LogP contribution >= 0.6 is 12.2 Å². The van der Waals surface area contributed by atoms with Gasteiger partial charge in [-0.3, -0.25) is 0 Å². The first kappa shape index (κ1) is 13.4. The van der Waals surface area contributed by atoms with Crippen LogP contribution in [0.25, 0.3) is 10.9 Å². The second kappa shape index (κ2) is 5.45. The van der Waals surface area contributed by atoms with Gasteiger partial charge in [-0.15, -0.1) is 0 Å².